The first-order chi connectivity index (χ1) is 13.5. The molecule has 0 saturated carbocycles. The van der Waals surface area contributed by atoms with Crippen LogP contribution in [0.2, 0.25) is 0 Å². The number of fused-ring (bicyclic) bond motifs is 2. The highest BCUT2D eigenvalue weighted by molar-refractivity contribution is 7.99. The molecule has 0 aliphatic heterocycles. The molecule has 0 saturated heterocycles. The second-order valence-electron chi connectivity index (χ2n) is 7.12. The zero-order valence-electron chi connectivity index (χ0n) is 16.2. The Kier molecular flexibility index (Phi) is 5.05. The Morgan fingerprint density at radius 2 is 1.71 bits per heavy atom. The number of rotatable bonds is 4. The molecule has 0 aliphatic carbocycles. The number of carbonyl (C=O) groups excluding carboxylic acids is 1. The fraction of sp³-hybridized carbons (Fsp3) is 0.167. The first-order valence-corrected chi connectivity index (χ1v) is 10.3. The molecule has 1 heterocycles. The third kappa shape index (κ3) is 3.73. The summed E-state index contributed by atoms with van der Waals surface area (Å²) in [4.78, 5) is 17.3. The summed E-state index contributed by atoms with van der Waals surface area (Å²) >= 11 is 1.47. The first kappa shape index (κ1) is 18.5. The van der Waals surface area contributed by atoms with Gasteiger partial charge >= 0.3 is 0 Å². The van der Waals surface area contributed by atoms with E-state index in [9.17, 15) is 4.79 Å². The summed E-state index contributed by atoms with van der Waals surface area (Å²) in [6, 6.07) is 20.4. The Labute approximate surface area is 169 Å². The maximum atomic E-state index is 12.5. The highest BCUT2D eigenvalue weighted by Crippen LogP contribution is 2.27. The second kappa shape index (κ2) is 7.64. The topological polar surface area (TPSA) is 42.0 Å². The lowest BCUT2D eigenvalue weighted by Gasteiger charge is -2.11. The van der Waals surface area contributed by atoms with Crippen molar-refractivity contribution in [3.8, 4) is 0 Å². The Morgan fingerprint density at radius 3 is 2.57 bits per heavy atom. The number of hydrogen-bond acceptors (Lipinski definition) is 3. The number of hydrogen-bond donors (Lipinski definition) is 1. The van der Waals surface area contributed by atoms with Crippen molar-refractivity contribution < 1.29 is 4.79 Å². The Morgan fingerprint density at radius 1 is 0.929 bits per heavy atom. The molecule has 1 aromatic heterocycles. The van der Waals surface area contributed by atoms with Crippen molar-refractivity contribution in [1.29, 1.82) is 0 Å². The molecule has 0 unspecified atom stereocenters. The van der Waals surface area contributed by atoms with E-state index in [-0.39, 0.29) is 5.91 Å². The summed E-state index contributed by atoms with van der Waals surface area (Å²) < 4.78 is 0. The molecule has 1 amide bonds. The average Bonchev–Trinajstić information content (AvgIpc) is 2.67. The van der Waals surface area contributed by atoms with E-state index in [0.717, 1.165) is 27.0 Å². The molecule has 0 atom stereocenters. The van der Waals surface area contributed by atoms with Crippen molar-refractivity contribution in [3.63, 3.8) is 0 Å². The SMILES string of the molecule is Cc1cc(C)c2nc(SCC(=O)Nc3cccc4ccccc34)cc(C)c2c1. The summed E-state index contributed by atoms with van der Waals surface area (Å²) in [5, 5.41) is 7.27. The molecule has 0 bridgehead atoms. The molecule has 0 radical (unpaired) electrons. The monoisotopic (exact) mass is 386 g/mol. The van der Waals surface area contributed by atoms with Crippen LogP contribution in [0.3, 0.4) is 0 Å². The summed E-state index contributed by atoms with van der Waals surface area (Å²) in [6.45, 7) is 6.29. The van der Waals surface area contributed by atoms with Gasteiger partial charge in [-0.05, 0) is 55.5 Å². The van der Waals surface area contributed by atoms with Crippen LogP contribution in [0, 0.1) is 20.8 Å². The number of nitrogens with zero attached hydrogens (tertiary/aromatic N) is 1. The predicted molar refractivity (Wildman–Crippen MR) is 119 cm³/mol. The van der Waals surface area contributed by atoms with Crippen LogP contribution in [0.5, 0.6) is 0 Å². The Hall–Kier alpha value is -2.85. The van der Waals surface area contributed by atoms with Crippen LogP contribution >= 0.6 is 11.8 Å². The molecular weight excluding hydrogens is 364 g/mol. The molecule has 0 aliphatic rings. The van der Waals surface area contributed by atoms with Crippen molar-refractivity contribution in [1.82, 2.24) is 4.98 Å². The van der Waals surface area contributed by atoms with Crippen LogP contribution in [0.1, 0.15) is 16.7 Å². The zero-order chi connectivity index (χ0) is 19.7. The van der Waals surface area contributed by atoms with Crippen LogP contribution in [0.4, 0.5) is 5.69 Å². The molecule has 1 N–H and O–H groups in total. The molecule has 140 valence electrons. The minimum Gasteiger partial charge on any atom is -0.325 e. The van der Waals surface area contributed by atoms with Gasteiger partial charge in [0.1, 0.15) is 0 Å². The van der Waals surface area contributed by atoms with E-state index in [4.69, 9.17) is 4.98 Å². The molecule has 3 nitrogen and oxygen atoms in total. The maximum absolute atomic E-state index is 12.5. The van der Waals surface area contributed by atoms with Gasteiger partial charge < -0.3 is 5.32 Å². The Balaban J connectivity index is 1.52. The van der Waals surface area contributed by atoms with E-state index >= 15 is 0 Å². The number of aromatic nitrogens is 1. The van der Waals surface area contributed by atoms with Gasteiger partial charge in [0.25, 0.3) is 0 Å². The maximum Gasteiger partial charge on any atom is 0.234 e. The van der Waals surface area contributed by atoms with Gasteiger partial charge in [0.05, 0.1) is 16.3 Å². The fourth-order valence-corrected chi connectivity index (χ4v) is 4.32. The smallest absolute Gasteiger partial charge is 0.234 e. The number of benzene rings is 3. The molecule has 3 aromatic carbocycles. The quantitative estimate of drug-likeness (QED) is 0.435. The Bertz CT molecular complexity index is 1190. The lowest BCUT2D eigenvalue weighted by molar-refractivity contribution is -0.113. The van der Waals surface area contributed by atoms with E-state index in [2.05, 4.69) is 44.3 Å². The number of anilines is 1. The van der Waals surface area contributed by atoms with Gasteiger partial charge in [-0.3, -0.25) is 4.79 Å². The first-order valence-electron chi connectivity index (χ1n) is 9.30. The van der Waals surface area contributed by atoms with Gasteiger partial charge in [0.2, 0.25) is 5.91 Å². The summed E-state index contributed by atoms with van der Waals surface area (Å²) in [5.41, 5.74) is 5.46. The standard InChI is InChI=1S/C24H22N2OS/c1-15-11-17(3)24-20(12-15)16(2)13-23(26-24)28-14-22(27)25-21-10-6-8-18-7-4-5-9-19(18)21/h4-13H,14H2,1-3H3,(H,25,27). The van der Waals surface area contributed by atoms with Crippen LogP contribution in [-0.2, 0) is 4.79 Å². The lowest BCUT2D eigenvalue weighted by Crippen LogP contribution is -2.14. The van der Waals surface area contributed by atoms with E-state index < -0.39 is 0 Å². The van der Waals surface area contributed by atoms with Crippen LogP contribution in [0.15, 0.2) is 65.7 Å². The number of pyridine rings is 1. The second-order valence-corrected chi connectivity index (χ2v) is 8.11. The van der Waals surface area contributed by atoms with Gasteiger partial charge in [-0.25, -0.2) is 4.98 Å². The van der Waals surface area contributed by atoms with Crippen molar-refractivity contribution >= 4 is 45.0 Å². The van der Waals surface area contributed by atoms with Gasteiger partial charge in [0, 0.05) is 16.5 Å². The number of amides is 1. The highest BCUT2D eigenvalue weighted by Gasteiger charge is 2.10. The minimum absolute atomic E-state index is 0.0264. The number of aryl methyl sites for hydroxylation is 3. The molecule has 0 spiro atoms. The van der Waals surface area contributed by atoms with E-state index in [1.54, 1.807) is 0 Å². The summed E-state index contributed by atoms with van der Waals surface area (Å²) in [6.07, 6.45) is 0. The molecular formula is C24H22N2OS. The van der Waals surface area contributed by atoms with Crippen LogP contribution in [0.25, 0.3) is 21.7 Å². The summed E-state index contributed by atoms with van der Waals surface area (Å²) in [5.74, 6) is 0.299. The van der Waals surface area contributed by atoms with E-state index in [1.807, 2.05) is 42.5 Å². The molecule has 28 heavy (non-hydrogen) atoms. The molecule has 4 rings (SSSR count). The number of thioether (sulfide) groups is 1. The fourth-order valence-electron chi connectivity index (χ4n) is 3.55. The van der Waals surface area contributed by atoms with Crippen molar-refractivity contribution in [3.05, 3.63) is 77.4 Å². The van der Waals surface area contributed by atoms with Gasteiger partial charge in [-0.1, -0.05) is 59.8 Å². The van der Waals surface area contributed by atoms with Gasteiger partial charge in [-0.2, -0.15) is 0 Å². The van der Waals surface area contributed by atoms with E-state index in [0.29, 0.717) is 5.75 Å². The van der Waals surface area contributed by atoms with Crippen molar-refractivity contribution in [2.45, 2.75) is 25.8 Å². The third-order valence-corrected chi connectivity index (χ3v) is 5.76. The number of carbonyl (C=O) groups is 1. The third-order valence-electron chi connectivity index (χ3n) is 4.85. The zero-order valence-corrected chi connectivity index (χ0v) is 17.1. The normalized spacial score (nSPS) is 11.1. The van der Waals surface area contributed by atoms with Gasteiger partial charge in [-0.15, -0.1) is 0 Å². The summed E-state index contributed by atoms with van der Waals surface area (Å²) in [7, 11) is 0. The highest BCUT2D eigenvalue weighted by atomic mass is 32.2. The minimum atomic E-state index is -0.0264. The average molecular weight is 387 g/mol. The van der Waals surface area contributed by atoms with Crippen LogP contribution < -0.4 is 5.32 Å². The predicted octanol–water partition coefficient (Wildman–Crippen LogP) is 6.04. The largest absolute Gasteiger partial charge is 0.325 e. The lowest BCUT2D eigenvalue weighted by atomic mass is 10.0. The van der Waals surface area contributed by atoms with E-state index in [1.165, 1.54) is 33.8 Å². The molecule has 0 fully saturated rings. The van der Waals surface area contributed by atoms with Crippen molar-refractivity contribution in [2.24, 2.45) is 0 Å². The van der Waals surface area contributed by atoms with Crippen molar-refractivity contribution in [2.75, 3.05) is 11.1 Å². The number of nitrogens with one attached hydrogen (secondary N) is 1. The molecule has 4 heteroatoms. The molecule has 4 aromatic rings. The van der Waals surface area contributed by atoms with Crippen LogP contribution in [-0.4, -0.2) is 16.6 Å². The van der Waals surface area contributed by atoms with Gasteiger partial charge in [0.15, 0.2) is 0 Å².